The Morgan fingerprint density at radius 1 is 0.588 bits per heavy atom. The van der Waals surface area contributed by atoms with Gasteiger partial charge in [-0.25, -0.2) is 0 Å². The van der Waals surface area contributed by atoms with E-state index in [1.54, 1.807) is 48.5 Å². The molecule has 0 spiro atoms. The van der Waals surface area contributed by atoms with Gasteiger partial charge in [-0.1, -0.05) is 24.3 Å². The van der Waals surface area contributed by atoms with Crippen LogP contribution in [0.4, 0.5) is 0 Å². The van der Waals surface area contributed by atoms with Crippen molar-refractivity contribution in [2.45, 2.75) is 24.9 Å². The van der Waals surface area contributed by atoms with Crippen LogP contribution in [0.25, 0.3) is 0 Å². The van der Waals surface area contributed by atoms with Crippen LogP contribution in [-0.4, -0.2) is 25.5 Å². The van der Waals surface area contributed by atoms with E-state index < -0.39 is 6.10 Å². The lowest BCUT2D eigenvalue weighted by atomic mass is 9.82. The molecule has 0 aliphatic carbocycles. The van der Waals surface area contributed by atoms with Crippen molar-refractivity contribution < 1.29 is 30.3 Å². The van der Waals surface area contributed by atoms with Gasteiger partial charge in [0.15, 0.2) is 0 Å². The molecule has 2 unspecified atom stereocenters. The summed E-state index contributed by atoms with van der Waals surface area (Å²) in [5, 5.41) is 49.8. The normalized spacial score (nSPS) is 16.7. The topological polar surface area (TPSA) is 110 Å². The molecule has 0 saturated heterocycles. The fraction of sp³-hybridized carbons (Fsp3) is 0.143. The van der Waals surface area contributed by atoms with Crippen LogP contribution in [0.2, 0.25) is 0 Å². The van der Waals surface area contributed by atoms with Crippen molar-refractivity contribution in [2.75, 3.05) is 0 Å². The smallest absolute Gasteiger partial charge is 0.135 e. The maximum Gasteiger partial charge on any atom is 0.135 e. The minimum absolute atomic E-state index is 0.0112. The zero-order chi connectivity index (χ0) is 23.8. The van der Waals surface area contributed by atoms with Crippen LogP contribution in [0.3, 0.4) is 0 Å². The molecule has 0 aromatic heterocycles. The van der Waals surface area contributed by atoms with E-state index in [0.29, 0.717) is 24.2 Å². The summed E-state index contributed by atoms with van der Waals surface area (Å²) >= 11 is 0. The van der Waals surface area contributed by atoms with Crippen molar-refractivity contribution in [3.8, 4) is 34.5 Å². The summed E-state index contributed by atoms with van der Waals surface area (Å²) < 4.78 is 6.39. The highest BCUT2D eigenvalue weighted by atomic mass is 16.5. The number of rotatable bonds is 5. The standard InChI is InChI=1S/C28H24O6/c29-20-8-6-18(7-9-20)28-27(19-12-23(32)15-24(33)13-19)26-17(2-1-3-25(26)34-28)5-4-16-10-21(30)14-22(31)11-16/h1-3,6-15,27-33H,4-5H2. The summed E-state index contributed by atoms with van der Waals surface area (Å²) in [5.41, 5.74) is 4.34. The van der Waals surface area contributed by atoms with Gasteiger partial charge in [-0.2, -0.15) is 0 Å². The van der Waals surface area contributed by atoms with Gasteiger partial charge in [0, 0.05) is 17.7 Å². The maximum atomic E-state index is 10.2. The number of phenolic OH excluding ortho intramolecular Hbond substituents is 5. The van der Waals surface area contributed by atoms with E-state index in [1.807, 2.05) is 18.2 Å². The molecule has 0 saturated carbocycles. The highest BCUT2D eigenvalue weighted by Gasteiger charge is 2.38. The Balaban J connectivity index is 1.58. The van der Waals surface area contributed by atoms with Gasteiger partial charge in [-0.15, -0.1) is 0 Å². The molecule has 0 radical (unpaired) electrons. The minimum Gasteiger partial charge on any atom is -0.508 e. The van der Waals surface area contributed by atoms with Crippen LogP contribution >= 0.6 is 0 Å². The summed E-state index contributed by atoms with van der Waals surface area (Å²) in [6, 6.07) is 21.7. The number of phenols is 5. The highest BCUT2D eigenvalue weighted by Crippen LogP contribution is 2.52. The van der Waals surface area contributed by atoms with Crippen molar-refractivity contribution in [3.63, 3.8) is 0 Å². The number of hydrogen-bond acceptors (Lipinski definition) is 6. The molecule has 1 aliphatic heterocycles. The SMILES string of the molecule is Oc1ccc(C2Oc3cccc(CCc4cc(O)cc(O)c4)c3C2c2cc(O)cc(O)c2)cc1. The lowest BCUT2D eigenvalue weighted by Crippen LogP contribution is -2.12. The molecule has 0 fully saturated rings. The number of fused-ring (bicyclic) bond motifs is 1. The summed E-state index contributed by atoms with van der Waals surface area (Å²) in [5.74, 6) is 0.491. The molecule has 4 aromatic rings. The summed E-state index contributed by atoms with van der Waals surface area (Å²) in [6.07, 6.45) is 0.780. The highest BCUT2D eigenvalue weighted by molar-refractivity contribution is 5.55. The van der Waals surface area contributed by atoms with E-state index in [0.717, 1.165) is 22.3 Å². The van der Waals surface area contributed by atoms with Gasteiger partial charge in [0.05, 0.1) is 5.92 Å². The molecule has 6 heteroatoms. The third kappa shape index (κ3) is 4.18. The Morgan fingerprint density at radius 3 is 1.85 bits per heavy atom. The second-order valence-electron chi connectivity index (χ2n) is 8.58. The van der Waals surface area contributed by atoms with E-state index in [4.69, 9.17) is 4.74 Å². The van der Waals surface area contributed by atoms with Crippen LogP contribution in [0.15, 0.2) is 78.9 Å². The monoisotopic (exact) mass is 456 g/mol. The van der Waals surface area contributed by atoms with Gasteiger partial charge in [0.2, 0.25) is 0 Å². The number of aromatic hydroxyl groups is 5. The predicted octanol–water partition coefficient (Wildman–Crippen LogP) is 5.27. The molecule has 172 valence electrons. The molecule has 34 heavy (non-hydrogen) atoms. The van der Waals surface area contributed by atoms with Crippen molar-refractivity contribution in [2.24, 2.45) is 0 Å². The molecular weight excluding hydrogens is 432 g/mol. The zero-order valence-corrected chi connectivity index (χ0v) is 18.2. The van der Waals surface area contributed by atoms with Crippen molar-refractivity contribution in [3.05, 3.63) is 107 Å². The maximum absolute atomic E-state index is 10.2. The number of ether oxygens (including phenoxy) is 1. The third-order valence-corrected chi connectivity index (χ3v) is 6.18. The van der Waals surface area contributed by atoms with E-state index in [2.05, 4.69) is 0 Å². The van der Waals surface area contributed by atoms with Gasteiger partial charge in [-0.05, 0) is 77.6 Å². The van der Waals surface area contributed by atoms with Crippen LogP contribution in [0.1, 0.15) is 39.8 Å². The summed E-state index contributed by atoms with van der Waals surface area (Å²) in [4.78, 5) is 0. The number of benzene rings is 4. The molecule has 5 rings (SSSR count). The first-order valence-corrected chi connectivity index (χ1v) is 11.0. The van der Waals surface area contributed by atoms with Crippen LogP contribution in [0, 0.1) is 0 Å². The zero-order valence-electron chi connectivity index (χ0n) is 18.2. The van der Waals surface area contributed by atoms with Crippen molar-refractivity contribution in [1.29, 1.82) is 0 Å². The lowest BCUT2D eigenvalue weighted by molar-refractivity contribution is 0.222. The van der Waals surface area contributed by atoms with Gasteiger partial charge >= 0.3 is 0 Å². The third-order valence-electron chi connectivity index (χ3n) is 6.18. The fourth-order valence-electron chi connectivity index (χ4n) is 4.76. The Kier molecular flexibility index (Phi) is 5.42. The summed E-state index contributed by atoms with van der Waals surface area (Å²) in [6.45, 7) is 0. The second-order valence-corrected chi connectivity index (χ2v) is 8.58. The van der Waals surface area contributed by atoms with Gasteiger partial charge in [0.25, 0.3) is 0 Å². The second kappa shape index (κ2) is 8.56. The molecule has 4 aromatic carbocycles. The molecule has 5 N–H and O–H groups in total. The minimum atomic E-state index is -0.428. The van der Waals surface area contributed by atoms with Crippen molar-refractivity contribution in [1.82, 2.24) is 0 Å². The fourth-order valence-corrected chi connectivity index (χ4v) is 4.76. The molecule has 1 heterocycles. The first-order chi connectivity index (χ1) is 16.4. The molecule has 2 atom stereocenters. The van der Waals surface area contributed by atoms with Crippen molar-refractivity contribution >= 4 is 0 Å². The number of aryl methyl sites for hydroxylation is 2. The number of hydrogen-bond donors (Lipinski definition) is 5. The molecule has 0 amide bonds. The Hall–Kier alpha value is -4.32. The summed E-state index contributed by atoms with van der Waals surface area (Å²) in [7, 11) is 0. The van der Waals surface area contributed by atoms with Gasteiger partial charge in [0.1, 0.15) is 40.6 Å². The molecular formula is C28H24O6. The van der Waals surface area contributed by atoms with Crippen LogP contribution in [-0.2, 0) is 12.8 Å². The van der Waals surface area contributed by atoms with Gasteiger partial charge in [-0.3, -0.25) is 0 Å². The van der Waals surface area contributed by atoms with E-state index in [9.17, 15) is 25.5 Å². The molecule has 0 bridgehead atoms. The molecule has 1 aliphatic rings. The predicted molar refractivity (Wildman–Crippen MR) is 127 cm³/mol. The van der Waals surface area contributed by atoms with E-state index in [1.165, 1.54) is 12.1 Å². The van der Waals surface area contributed by atoms with E-state index in [-0.39, 0.29) is 34.7 Å². The van der Waals surface area contributed by atoms with Gasteiger partial charge < -0.3 is 30.3 Å². The largest absolute Gasteiger partial charge is 0.508 e. The first kappa shape index (κ1) is 21.5. The average molecular weight is 456 g/mol. The average Bonchev–Trinajstić information content (AvgIpc) is 3.17. The Bertz CT molecular complexity index is 1310. The Labute approximate surface area is 196 Å². The van der Waals surface area contributed by atoms with Crippen LogP contribution < -0.4 is 4.74 Å². The van der Waals surface area contributed by atoms with Crippen LogP contribution in [0.5, 0.6) is 34.5 Å². The van der Waals surface area contributed by atoms with E-state index >= 15 is 0 Å². The Morgan fingerprint density at radius 2 is 1.21 bits per heavy atom. The quantitative estimate of drug-likeness (QED) is 0.280. The lowest BCUT2D eigenvalue weighted by Gasteiger charge is -2.22. The molecule has 6 nitrogen and oxygen atoms in total. The first-order valence-electron chi connectivity index (χ1n) is 11.0.